The molecule has 0 bridgehead atoms. The number of carboxylic acid groups (broad SMARTS) is 1. The highest BCUT2D eigenvalue weighted by Gasteiger charge is 2.33. The van der Waals surface area contributed by atoms with Gasteiger partial charge in [0.1, 0.15) is 0 Å². The summed E-state index contributed by atoms with van der Waals surface area (Å²) in [5.74, 6) is -1.62. The van der Waals surface area contributed by atoms with Crippen LogP contribution in [0.2, 0.25) is 0 Å². The normalized spacial score (nSPS) is 11.7. The lowest BCUT2D eigenvalue weighted by Gasteiger charge is -2.14. The zero-order valence-corrected chi connectivity index (χ0v) is 15.4. The lowest BCUT2D eigenvalue weighted by molar-refractivity contribution is 0.0696. The molecule has 1 rings (SSSR count). The maximum Gasteiger partial charge on any atom is 0.343 e. The summed E-state index contributed by atoms with van der Waals surface area (Å²) < 4.78 is 49.0. The van der Waals surface area contributed by atoms with Crippen molar-refractivity contribution >= 4 is 36.1 Å². The molecule has 12 heteroatoms. The van der Waals surface area contributed by atoms with Gasteiger partial charge in [0, 0.05) is 28.2 Å². The first-order chi connectivity index (χ1) is 11.2. The van der Waals surface area contributed by atoms with Gasteiger partial charge in [-0.25, -0.2) is 21.6 Å². The first-order valence-electron chi connectivity index (χ1n) is 6.54. The van der Waals surface area contributed by atoms with Crippen LogP contribution in [-0.4, -0.2) is 76.4 Å². The average molecular weight is 392 g/mol. The number of carbonyl (C=O) groups is 3. The van der Waals surface area contributed by atoms with E-state index in [0.29, 0.717) is 18.2 Å². The predicted molar refractivity (Wildman–Crippen MR) is 85.9 cm³/mol. The largest absolute Gasteiger partial charge is 0.478 e. The molecule has 0 saturated heterocycles. The molecule has 0 saturated carbocycles. The van der Waals surface area contributed by atoms with E-state index in [-0.39, 0.29) is 0 Å². The van der Waals surface area contributed by atoms with Crippen LogP contribution in [0.1, 0.15) is 10.4 Å². The van der Waals surface area contributed by atoms with Gasteiger partial charge in [0.25, 0.3) is 19.7 Å². The van der Waals surface area contributed by atoms with E-state index in [1.165, 1.54) is 0 Å². The van der Waals surface area contributed by atoms with Gasteiger partial charge in [-0.2, -0.15) is 0 Å². The Morgan fingerprint density at radius 3 is 1.32 bits per heavy atom. The summed E-state index contributed by atoms with van der Waals surface area (Å²) in [5.41, 5.74) is -0.697. The quantitative estimate of drug-likeness (QED) is 0.772. The van der Waals surface area contributed by atoms with E-state index in [2.05, 4.69) is 0 Å². The third kappa shape index (κ3) is 3.96. The molecule has 0 unspecified atom stereocenters. The SMILES string of the molecule is CN(C)C(=O)S(=O)(=O)c1cc(C(=O)O)cc(S(=O)(=O)C(=O)N(C)C)c1. The number of benzene rings is 1. The van der Waals surface area contributed by atoms with Crippen LogP contribution in [0.3, 0.4) is 0 Å². The van der Waals surface area contributed by atoms with E-state index < -0.39 is 51.5 Å². The molecule has 1 N–H and O–H groups in total. The molecule has 10 nitrogen and oxygen atoms in total. The summed E-state index contributed by atoms with van der Waals surface area (Å²) in [5, 5.41) is 6.35. The van der Waals surface area contributed by atoms with Crippen LogP contribution in [-0.2, 0) is 19.7 Å². The molecule has 2 amide bonds. The van der Waals surface area contributed by atoms with Crippen LogP contribution < -0.4 is 0 Å². The van der Waals surface area contributed by atoms with Crippen molar-refractivity contribution in [3.05, 3.63) is 23.8 Å². The number of hydrogen-bond donors (Lipinski definition) is 1. The average Bonchev–Trinajstić information content (AvgIpc) is 2.52. The van der Waals surface area contributed by atoms with Crippen molar-refractivity contribution in [2.24, 2.45) is 0 Å². The standard InChI is InChI=1S/C13H16N2O8S2/c1-14(2)12(18)24(20,21)9-5-8(11(16)17)6-10(7-9)25(22,23)13(19)15(3)4/h5-7H,1-4H3,(H,16,17). The second-order valence-electron chi connectivity index (χ2n) is 5.33. The van der Waals surface area contributed by atoms with E-state index in [4.69, 9.17) is 5.11 Å². The third-order valence-electron chi connectivity index (χ3n) is 2.94. The third-order valence-corrected chi connectivity index (χ3v) is 6.30. The molecule has 0 atom stereocenters. The second-order valence-corrected chi connectivity index (χ2v) is 8.98. The van der Waals surface area contributed by atoms with Crippen LogP contribution in [0, 0.1) is 0 Å². The molecule has 0 radical (unpaired) electrons. The van der Waals surface area contributed by atoms with Gasteiger partial charge in [0.15, 0.2) is 0 Å². The Hall–Kier alpha value is -2.47. The number of aromatic carboxylic acids is 1. The predicted octanol–water partition coefficient (Wildman–Crippen LogP) is 0.295. The Morgan fingerprint density at radius 1 is 0.760 bits per heavy atom. The van der Waals surface area contributed by atoms with Crippen LogP contribution in [0.5, 0.6) is 0 Å². The zero-order chi connectivity index (χ0) is 19.7. The maximum atomic E-state index is 12.3. The van der Waals surface area contributed by atoms with E-state index in [0.717, 1.165) is 38.0 Å². The Labute approximate surface area is 144 Å². The highest BCUT2D eigenvalue weighted by atomic mass is 32.2. The Morgan fingerprint density at radius 2 is 1.08 bits per heavy atom. The number of rotatable bonds is 3. The summed E-state index contributed by atoms with van der Waals surface area (Å²) in [4.78, 5) is 34.6. The molecule has 1 aromatic carbocycles. The van der Waals surface area contributed by atoms with Crippen LogP contribution in [0.15, 0.2) is 28.0 Å². The van der Waals surface area contributed by atoms with Crippen LogP contribution >= 0.6 is 0 Å². The molecule has 0 aliphatic rings. The van der Waals surface area contributed by atoms with Crippen molar-refractivity contribution in [1.82, 2.24) is 9.80 Å². The smallest absolute Gasteiger partial charge is 0.343 e. The van der Waals surface area contributed by atoms with Crippen molar-refractivity contribution in [2.45, 2.75) is 9.79 Å². The maximum absolute atomic E-state index is 12.3. The molecule has 1 aromatic rings. The Kier molecular flexibility index (Phi) is 5.60. The highest BCUT2D eigenvalue weighted by molar-refractivity contribution is 8.06. The van der Waals surface area contributed by atoms with E-state index >= 15 is 0 Å². The molecule has 25 heavy (non-hydrogen) atoms. The number of sulfone groups is 2. The van der Waals surface area contributed by atoms with Crippen LogP contribution in [0.4, 0.5) is 9.59 Å². The molecule has 0 heterocycles. The van der Waals surface area contributed by atoms with Gasteiger partial charge in [0.05, 0.1) is 15.4 Å². The number of carbonyl (C=O) groups excluding carboxylic acids is 2. The Balaban J connectivity index is 3.77. The van der Waals surface area contributed by atoms with E-state index in [9.17, 15) is 31.2 Å². The molecule has 0 spiro atoms. The summed E-state index contributed by atoms with van der Waals surface area (Å²) >= 11 is 0. The van der Waals surface area contributed by atoms with Gasteiger partial charge in [-0.1, -0.05) is 0 Å². The van der Waals surface area contributed by atoms with Gasteiger partial charge in [0.2, 0.25) is 0 Å². The monoisotopic (exact) mass is 392 g/mol. The number of amides is 2. The molecular weight excluding hydrogens is 376 g/mol. The summed E-state index contributed by atoms with van der Waals surface area (Å²) in [6.07, 6.45) is 0. The molecule has 0 fully saturated rings. The zero-order valence-electron chi connectivity index (χ0n) is 13.7. The Bertz CT molecular complexity index is 878. The second kappa shape index (κ2) is 6.80. The van der Waals surface area contributed by atoms with Crippen molar-refractivity contribution in [3.8, 4) is 0 Å². The summed E-state index contributed by atoms with van der Waals surface area (Å²) in [6.45, 7) is 0. The fourth-order valence-corrected chi connectivity index (χ4v) is 4.26. The van der Waals surface area contributed by atoms with Crippen molar-refractivity contribution in [1.29, 1.82) is 0 Å². The minimum absolute atomic E-state index is 0.583. The van der Waals surface area contributed by atoms with Crippen LogP contribution in [0.25, 0.3) is 0 Å². The lowest BCUT2D eigenvalue weighted by Crippen LogP contribution is -2.30. The minimum atomic E-state index is -4.69. The van der Waals surface area contributed by atoms with Gasteiger partial charge in [-0.05, 0) is 18.2 Å². The minimum Gasteiger partial charge on any atom is -0.478 e. The summed E-state index contributed by atoms with van der Waals surface area (Å²) in [6, 6.07) is 1.89. The number of carboxylic acids is 1. The van der Waals surface area contributed by atoms with E-state index in [1.807, 2.05) is 0 Å². The number of nitrogens with zero attached hydrogens (tertiary/aromatic N) is 2. The molecular formula is C13H16N2O8S2. The molecule has 0 aromatic heterocycles. The first-order valence-corrected chi connectivity index (χ1v) is 9.50. The fourth-order valence-electron chi connectivity index (χ4n) is 1.69. The number of hydrogen-bond acceptors (Lipinski definition) is 7. The highest BCUT2D eigenvalue weighted by Crippen LogP contribution is 2.23. The van der Waals surface area contributed by atoms with Crippen molar-refractivity contribution in [3.63, 3.8) is 0 Å². The van der Waals surface area contributed by atoms with Gasteiger partial charge < -0.3 is 14.9 Å². The lowest BCUT2D eigenvalue weighted by atomic mass is 10.2. The van der Waals surface area contributed by atoms with Gasteiger partial charge in [-0.3, -0.25) is 9.59 Å². The van der Waals surface area contributed by atoms with E-state index in [1.54, 1.807) is 0 Å². The topological polar surface area (TPSA) is 146 Å². The first kappa shape index (κ1) is 20.6. The van der Waals surface area contributed by atoms with Crippen molar-refractivity contribution < 1.29 is 36.3 Å². The molecule has 0 aliphatic heterocycles. The van der Waals surface area contributed by atoms with Gasteiger partial charge >= 0.3 is 16.4 Å². The molecule has 0 aliphatic carbocycles. The van der Waals surface area contributed by atoms with Gasteiger partial charge in [-0.15, -0.1) is 0 Å². The molecule has 138 valence electrons. The van der Waals surface area contributed by atoms with Crippen molar-refractivity contribution in [2.75, 3.05) is 28.2 Å². The summed E-state index contributed by atoms with van der Waals surface area (Å²) in [7, 11) is -4.73. The fraction of sp³-hybridized carbons (Fsp3) is 0.308.